The SMILES string of the molecule is CCCCCCCCCCCCCCCCCCN(C)C(=O)CC[C@@H](C)[C@H]1CCC2C3CC[C@@H]4C[C@H](OC(=O)NCCCCCC(=O)N5C[C@H](OC(=O)CCC(=O)NC)C[C@H]5C)CC[C@]4(C)C3CC[C@@]21C. The van der Waals surface area contributed by atoms with Gasteiger partial charge in [0.1, 0.15) is 12.2 Å². The lowest BCUT2D eigenvalue weighted by atomic mass is 9.44. The lowest BCUT2D eigenvalue weighted by Gasteiger charge is -2.61. The van der Waals surface area contributed by atoms with Crippen molar-refractivity contribution in [1.82, 2.24) is 20.4 Å². The number of amides is 4. The zero-order valence-corrected chi connectivity index (χ0v) is 46.6. The van der Waals surface area contributed by atoms with Crippen molar-refractivity contribution in [2.45, 2.75) is 271 Å². The average Bonchev–Trinajstić information content (AvgIpc) is 3.91. The zero-order chi connectivity index (χ0) is 51.2. The number of ether oxygens (including phenoxy) is 2. The first-order valence-electron chi connectivity index (χ1n) is 30.1. The summed E-state index contributed by atoms with van der Waals surface area (Å²) in [6.45, 7) is 13.8. The number of nitrogens with one attached hydrogen (secondary N) is 2. The van der Waals surface area contributed by atoms with Gasteiger partial charge in [-0.1, -0.05) is 130 Å². The average molecular weight is 996 g/mol. The smallest absolute Gasteiger partial charge is 0.407 e. The van der Waals surface area contributed by atoms with E-state index in [4.69, 9.17) is 9.47 Å². The fourth-order valence-electron chi connectivity index (χ4n) is 15.2. The van der Waals surface area contributed by atoms with Crippen molar-refractivity contribution in [3.8, 4) is 0 Å². The van der Waals surface area contributed by atoms with Crippen LogP contribution in [0, 0.1) is 46.3 Å². The molecule has 3 unspecified atom stereocenters. The minimum Gasteiger partial charge on any atom is -0.460 e. The first kappa shape index (κ1) is 59.0. The highest BCUT2D eigenvalue weighted by Gasteiger charge is 2.60. The second-order valence-electron chi connectivity index (χ2n) is 24.5. The van der Waals surface area contributed by atoms with Gasteiger partial charge in [0.15, 0.2) is 0 Å². The van der Waals surface area contributed by atoms with Crippen molar-refractivity contribution in [2.24, 2.45) is 46.3 Å². The highest BCUT2D eigenvalue weighted by Crippen LogP contribution is 2.68. The largest absolute Gasteiger partial charge is 0.460 e. The van der Waals surface area contributed by atoms with Crippen molar-refractivity contribution in [2.75, 3.05) is 33.7 Å². The van der Waals surface area contributed by atoms with E-state index < -0.39 is 5.97 Å². The molecule has 1 heterocycles. The maximum absolute atomic E-state index is 13.3. The van der Waals surface area contributed by atoms with Gasteiger partial charge in [0.05, 0.1) is 13.0 Å². The highest BCUT2D eigenvalue weighted by atomic mass is 16.6. The van der Waals surface area contributed by atoms with Gasteiger partial charge in [-0.3, -0.25) is 19.2 Å². The Kier molecular flexibility index (Phi) is 25.4. The van der Waals surface area contributed by atoms with Crippen LogP contribution in [0.2, 0.25) is 0 Å². The van der Waals surface area contributed by atoms with Crippen LogP contribution < -0.4 is 10.6 Å². The van der Waals surface area contributed by atoms with Crippen LogP contribution in [0.15, 0.2) is 0 Å². The molecule has 4 aliphatic carbocycles. The van der Waals surface area contributed by atoms with Crippen LogP contribution in [0.5, 0.6) is 0 Å². The molecule has 11 nitrogen and oxygen atoms in total. The quantitative estimate of drug-likeness (QED) is 0.0506. The molecule has 11 atom stereocenters. The van der Waals surface area contributed by atoms with E-state index in [0.29, 0.717) is 66.8 Å². The molecule has 5 fully saturated rings. The molecule has 71 heavy (non-hydrogen) atoms. The van der Waals surface area contributed by atoms with Crippen LogP contribution in [0.3, 0.4) is 0 Å². The van der Waals surface area contributed by atoms with E-state index in [1.165, 1.54) is 142 Å². The monoisotopic (exact) mass is 995 g/mol. The molecule has 4 saturated carbocycles. The molecule has 0 spiro atoms. The van der Waals surface area contributed by atoms with Crippen LogP contribution in [0.1, 0.15) is 253 Å². The predicted octanol–water partition coefficient (Wildman–Crippen LogP) is 13.5. The van der Waals surface area contributed by atoms with Gasteiger partial charge >= 0.3 is 12.1 Å². The van der Waals surface area contributed by atoms with E-state index in [-0.39, 0.29) is 49.0 Å². The number of hydrogen-bond donors (Lipinski definition) is 2. The molecule has 4 amide bonds. The van der Waals surface area contributed by atoms with Gasteiger partial charge in [0.25, 0.3) is 0 Å². The van der Waals surface area contributed by atoms with E-state index in [9.17, 15) is 24.0 Å². The number of unbranched alkanes of at least 4 members (excludes halogenated alkanes) is 17. The fourth-order valence-corrected chi connectivity index (χ4v) is 15.2. The van der Waals surface area contributed by atoms with Crippen LogP contribution in [-0.2, 0) is 28.7 Å². The molecule has 5 rings (SSSR count). The number of esters is 1. The van der Waals surface area contributed by atoms with Gasteiger partial charge in [-0.05, 0) is 137 Å². The summed E-state index contributed by atoms with van der Waals surface area (Å²) in [4.78, 5) is 66.7. The molecule has 0 aromatic heterocycles. The van der Waals surface area contributed by atoms with E-state index >= 15 is 0 Å². The number of carbonyl (C=O) groups is 5. The number of alkyl carbamates (subject to hydrolysis) is 1. The van der Waals surface area contributed by atoms with Crippen LogP contribution in [0.25, 0.3) is 0 Å². The molecule has 0 aromatic carbocycles. The Labute approximate surface area is 433 Å². The van der Waals surface area contributed by atoms with Crippen LogP contribution >= 0.6 is 0 Å². The van der Waals surface area contributed by atoms with E-state index in [0.717, 1.165) is 75.7 Å². The highest BCUT2D eigenvalue weighted by molar-refractivity contribution is 5.81. The second kappa shape index (κ2) is 30.5. The first-order valence-corrected chi connectivity index (χ1v) is 30.1. The number of rotatable bonds is 32. The van der Waals surface area contributed by atoms with Gasteiger partial charge in [-0.15, -0.1) is 0 Å². The number of fused-ring (bicyclic) bond motifs is 5. The molecule has 408 valence electrons. The molecular formula is C60H106N4O7. The Morgan fingerprint density at radius 1 is 0.662 bits per heavy atom. The van der Waals surface area contributed by atoms with Gasteiger partial charge in [-0.2, -0.15) is 0 Å². The van der Waals surface area contributed by atoms with Gasteiger partial charge in [-0.25, -0.2) is 4.79 Å². The van der Waals surface area contributed by atoms with E-state index in [2.05, 4.69) is 38.3 Å². The number of likely N-dealkylation sites (tertiary alicyclic amines) is 1. The summed E-state index contributed by atoms with van der Waals surface area (Å²) < 4.78 is 11.6. The van der Waals surface area contributed by atoms with Crippen molar-refractivity contribution in [1.29, 1.82) is 0 Å². The van der Waals surface area contributed by atoms with Gasteiger partial charge in [0.2, 0.25) is 17.7 Å². The summed E-state index contributed by atoms with van der Waals surface area (Å²) in [5, 5.41) is 5.50. The molecule has 1 aliphatic heterocycles. The summed E-state index contributed by atoms with van der Waals surface area (Å²) in [6, 6.07) is 0.00143. The summed E-state index contributed by atoms with van der Waals surface area (Å²) in [5.74, 6) is 4.04. The van der Waals surface area contributed by atoms with Gasteiger partial charge < -0.3 is 29.9 Å². The summed E-state index contributed by atoms with van der Waals surface area (Å²) in [5.41, 5.74) is 0.697. The van der Waals surface area contributed by atoms with Crippen LogP contribution in [0.4, 0.5) is 4.79 Å². The maximum Gasteiger partial charge on any atom is 0.407 e. The molecular weight excluding hydrogens is 889 g/mol. The predicted molar refractivity (Wildman–Crippen MR) is 287 cm³/mol. The third-order valence-corrected chi connectivity index (χ3v) is 19.6. The fraction of sp³-hybridized carbons (Fsp3) is 0.917. The molecule has 2 N–H and O–H groups in total. The summed E-state index contributed by atoms with van der Waals surface area (Å²) in [7, 11) is 3.57. The number of hydrogen-bond acceptors (Lipinski definition) is 7. The molecule has 0 radical (unpaired) electrons. The molecule has 0 aromatic rings. The molecule has 0 bridgehead atoms. The Bertz CT molecular complexity index is 1630. The van der Waals surface area contributed by atoms with Crippen molar-refractivity contribution in [3.05, 3.63) is 0 Å². The number of carbonyl (C=O) groups excluding carboxylic acids is 5. The van der Waals surface area contributed by atoms with Gasteiger partial charge in [0, 0.05) is 58.9 Å². The van der Waals surface area contributed by atoms with E-state index in [1.54, 1.807) is 4.90 Å². The first-order chi connectivity index (χ1) is 34.2. The van der Waals surface area contributed by atoms with E-state index in [1.807, 2.05) is 18.9 Å². The Hall–Kier alpha value is -2.85. The third-order valence-electron chi connectivity index (χ3n) is 19.6. The Balaban J connectivity index is 0.904. The van der Waals surface area contributed by atoms with Crippen LogP contribution in [-0.4, -0.2) is 91.6 Å². The van der Waals surface area contributed by atoms with Crippen molar-refractivity contribution >= 4 is 29.8 Å². The topological polar surface area (TPSA) is 134 Å². The minimum absolute atomic E-state index is 0.00143. The Morgan fingerprint density at radius 2 is 1.28 bits per heavy atom. The van der Waals surface area contributed by atoms with Crippen molar-refractivity contribution < 1.29 is 33.4 Å². The lowest BCUT2D eigenvalue weighted by Crippen LogP contribution is -2.54. The summed E-state index contributed by atoms with van der Waals surface area (Å²) in [6.07, 6.45) is 37.4. The normalized spacial score (nSPS) is 29.4. The third kappa shape index (κ3) is 17.9. The Morgan fingerprint density at radius 3 is 1.94 bits per heavy atom. The molecule has 5 aliphatic rings. The summed E-state index contributed by atoms with van der Waals surface area (Å²) >= 11 is 0. The minimum atomic E-state index is -0.407. The molecule has 1 saturated heterocycles. The van der Waals surface area contributed by atoms with Crippen molar-refractivity contribution in [3.63, 3.8) is 0 Å². The maximum atomic E-state index is 13.3. The molecule has 11 heteroatoms. The number of nitrogens with zero attached hydrogens (tertiary/aromatic N) is 2. The second-order valence-corrected chi connectivity index (χ2v) is 24.5. The lowest BCUT2D eigenvalue weighted by molar-refractivity contribution is -0.150. The zero-order valence-electron chi connectivity index (χ0n) is 46.6. The standard InChI is InChI=1S/C60H106N4O7/c1-8-9-10-11-12-13-14-15-16-17-18-19-20-21-22-26-41-63(7)55(66)34-28-45(2)51-31-32-52-50-30-29-47-43-48(36-38-59(47,4)53(50)37-39-60(51,52)5)71-58(69)62-40-25-23-24-27-56(67)64-44-49(42-46(64)3)70-57(68)35-33-54(65)61-6/h45-53H,8-44H2,1-7H3,(H,61,65)(H,62,69)/t45-,46-,47-,48-,49-,50?,51-,52?,53?,59+,60-/m1/s1.